The van der Waals surface area contributed by atoms with Crippen LogP contribution < -0.4 is 15.2 Å². The molecule has 102 valence electrons. The molecule has 0 unspecified atom stereocenters. The van der Waals surface area contributed by atoms with Crippen molar-refractivity contribution in [2.24, 2.45) is 12.8 Å². The van der Waals surface area contributed by atoms with Gasteiger partial charge in [-0.1, -0.05) is 0 Å². The number of imidazole rings is 1. The van der Waals surface area contributed by atoms with Crippen molar-refractivity contribution >= 4 is 15.9 Å². The zero-order valence-corrected chi connectivity index (χ0v) is 12.7. The van der Waals surface area contributed by atoms with Gasteiger partial charge < -0.3 is 19.8 Å². The topological polar surface area (TPSA) is 62.3 Å². The molecule has 0 saturated heterocycles. The molecule has 1 aromatic heterocycles. The molecule has 1 aromatic carbocycles. The Hall–Kier alpha value is -1.53. The third kappa shape index (κ3) is 2.59. The zero-order chi connectivity index (χ0) is 14.0. The van der Waals surface area contributed by atoms with Crippen LogP contribution >= 0.6 is 15.9 Å². The number of hydrogen-bond donors (Lipinski definition) is 1. The molecule has 1 heterocycles. The Bertz CT molecular complexity index is 574. The van der Waals surface area contributed by atoms with Crippen LogP contribution in [0.1, 0.15) is 5.69 Å². The monoisotopic (exact) mass is 325 g/mol. The van der Waals surface area contributed by atoms with Crippen LogP contribution in [0.15, 0.2) is 22.8 Å². The molecular weight excluding hydrogens is 310 g/mol. The van der Waals surface area contributed by atoms with E-state index in [1.807, 2.05) is 29.8 Å². The van der Waals surface area contributed by atoms with Crippen LogP contribution in [0.2, 0.25) is 0 Å². The molecule has 19 heavy (non-hydrogen) atoms. The first-order valence-corrected chi connectivity index (χ1v) is 6.54. The highest BCUT2D eigenvalue weighted by Gasteiger charge is 2.14. The summed E-state index contributed by atoms with van der Waals surface area (Å²) in [6.07, 6.45) is 0. The van der Waals surface area contributed by atoms with Crippen molar-refractivity contribution in [1.29, 1.82) is 0 Å². The van der Waals surface area contributed by atoms with Gasteiger partial charge in [-0.3, -0.25) is 0 Å². The van der Waals surface area contributed by atoms with Crippen LogP contribution in [-0.4, -0.2) is 23.8 Å². The smallest absolute Gasteiger partial charge is 0.141 e. The van der Waals surface area contributed by atoms with Gasteiger partial charge in [-0.15, -0.1) is 0 Å². The number of rotatable bonds is 4. The molecular formula is C13H16BrN3O2. The van der Waals surface area contributed by atoms with Crippen LogP contribution in [0.4, 0.5) is 0 Å². The number of benzene rings is 1. The maximum Gasteiger partial charge on any atom is 0.141 e. The summed E-state index contributed by atoms with van der Waals surface area (Å²) in [5, 5.41) is 0. The molecule has 5 nitrogen and oxygen atoms in total. The third-order valence-corrected chi connectivity index (χ3v) is 3.60. The van der Waals surface area contributed by atoms with Gasteiger partial charge in [0.25, 0.3) is 0 Å². The fourth-order valence-electron chi connectivity index (χ4n) is 1.91. The maximum absolute atomic E-state index is 5.71. The van der Waals surface area contributed by atoms with Crippen molar-refractivity contribution in [1.82, 2.24) is 9.55 Å². The van der Waals surface area contributed by atoms with Crippen LogP contribution in [0, 0.1) is 0 Å². The second-order valence-corrected chi connectivity index (χ2v) is 4.79. The van der Waals surface area contributed by atoms with Gasteiger partial charge in [0.15, 0.2) is 0 Å². The Morgan fingerprint density at radius 2 is 1.79 bits per heavy atom. The van der Waals surface area contributed by atoms with E-state index in [1.165, 1.54) is 0 Å². The maximum atomic E-state index is 5.71. The van der Waals surface area contributed by atoms with Gasteiger partial charge in [-0.05, 0) is 28.1 Å². The van der Waals surface area contributed by atoms with Gasteiger partial charge in [0.05, 0.1) is 19.9 Å². The average Bonchev–Trinajstić information content (AvgIpc) is 2.72. The second kappa shape index (κ2) is 5.63. The molecule has 2 rings (SSSR count). The normalized spacial score (nSPS) is 10.6. The lowest BCUT2D eigenvalue weighted by Crippen LogP contribution is -2.04. The minimum absolute atomic E-state index is 0.422. The molecule has 2 N–H and O–H groups in total. The lowest BCUT2D eigenvalue weighted by Gasteiger charge is -2.09. The molecule has 0 amide bonds. The van der Waals surface area contributed by atoms with E-state index in [0.717, 1.165) is 33.2 Å². The van der Waals surface area contributed by atoms with Crippen molar-refractivity contribution in [3.05, 3.63) is 28.5 Å². The summed E-state index contributed by atoms with van der Waals surface area (Å²) in [5.74, 6) is 2.26. The summed E-state index contributed by atoms with van der Waals surface area (Å²) in [6, 6.07) is 5.65. The van der Waals surface area contributed by atoms with E-state index >= 15 is 0 Å². The number of methoxy groups -OCH3 is 2. The van der Waals surface area contributed by atoms with Crippen molar-refractivity contribution in [2.75, 3.05) is 14.2 Å². The van der Waals surface area contributed by atoms with Gasteiger partial charge in [-0.25, -0.2) is 4.98 Å². The molecule has 0 aliphatic rings. The van der Waals surface area contributed by atoms with Crippen LogP contribution in [0.5, 0.6) is 11.5 Å². The van der Waals surface area contributed by atoms with Crippen molar-refractivity contribution in [3.63, 3.8) is 0 Å². The van der Waals surface area contributed by atoms with Gasteiger partial charge in [0, 0.05) is 25.2 Å². The van der Waals surface area contributed by atoms with E-state index in [2.05, 4.69) is 20.9 Å². The minimum atomic E-state index is 0.422. The van der Waals surface area contributed by atoms with Gasteiger partial charge in [0.1, 0.15) is 21.9 Å². The van der Waals surface area contributed by atoms with Crippen molar-refractivity contribution in [2.45, 2.75) is 6.54 Å². The van der Waals surface area contributed by atoms with E-state index in [1.54, 1.807) is 14.2 Å². The number of nitrogens with two attached hydrogens (primary N) is 1. The van der Waals surface area contributed by atoms with E-state index < -0.39 is 0 Å². The van der Waals surface area contributed by atoms with Gasteiger partial charge >= 0.3 is 0 Å². The third-order valence-electron chi connectivity index (χ3n) is 2.97. The number of nitrogens with zero attached hydrogens (tertiary/aromatic N) is 2. The van der Waals surface area contributed by atoms with E-state index in [0.29, 0.717) is 6.54 Å². The summed E-state index contributed by atoms with van der Waals surface area (Å²) in [4.78, 5) is 4.49. The number of ether oxygens (including phenoxy) is 2. The highest BCUT2D eigenvalue weighted by atomic mass is 79.9. The predicted octanol–water partition coefficient (Wildman–Crippen LogP) is 2.33. The Morgan fingerprint density at radius 3 is 2.21 bits per heavy atom. The highest BCUT2D eigenvalue weighted by Crippen LogP contribution is 2.31. The molecule has 0 aliphatic carbocycles. The molecule has 0 radical (unpaired) electrons. The fraction of sp³-hybridized carbons (Fsp3) is 0.308. The number of halogens is 1. The van der Waals surface area contributed by atoms with Crippen LogP contribution in [0.3, 0.4) is 0 Å². The Morgan fingerprint density at radius 1 is 1.21 bits per heavy atom. The highest BCUT2D eigenvalue weighted by molar-refractivity contribution is 9.10. The largest absolute Gasteiger partial charge is 0.497 e. The lowest BCUT2D eigenvalue weighted by atomic mass is 10.2. The predicted molar refractivity (Wildman–Crippen MR) is 77.3 cm³/mol. The summed E-state index contributed by atoms with van der Waals surface area (Å²) in [6.45, 7) is 0.422. The first-order chi connectivity index (χ1) is 9.10. The van der Waals surface area contributed by atoms with E-state index in [-0.39, 0.29) is 0 Å². The fourth-order valence-corrected chi connectivity index (χ4v) is 2.51. The zero-order valence-electron chi connectivity index (χ0n) is 11.1. The van der Waals surface area contributed by atoms with Gasteiger partial charge in [-0.2, -0.15) is 0 Å². The summed E-state index contributed by atoms with van der Waals surface area (Å²) in [7, 11) is 5.18. The first kappa shape index (κ1) is 13.9. The SMILES string of the molecule is COc1cc(OC)cc(-c2nc(Br)c(CN)n2C)c1. The molecule has 0 atom stereocenters. The molecule has 2 aromatic rings. The number of aromatic nitrogens is 2. The molecule has 0 bridgehead atoms. The molecule has 0 fully saturated rings. The summed E-state index contributed by atoms with van der Waals surface area (Å²) >= 11 is 3.42. The summed E-state index contributed by atoms with van der Waals surface area (Å²) in [5.41, 5.74) is 7.57. The Balaban J connectivity index is 2.58. The Kier molecular flexibility index (Phi) is 4.11. The molecule has 0 saturated carbocycles. The minimum Gasteiger partial charge on any atom is -0.497 e. The quantitative estimate of drug-likeness (QED) is 0.937. The second-order valence-electron chi connectivity index (χ2n) is 4.04. The van der Waals surface area contributed by atoms with Crippen LogP contribution in [-0.2, 0) is 13.6 Å². The van der Waals surface area contributed by atoms with Crippen molar-refractivity contribution < 1.29 is 9.47 Å². The Labute approximate surface area is 120 Å². The molecule has 6 heteroatoms. The van der Waals surface area contributed by atoms with E-state index in [4.69, 9.17) is 15.2 Å². The van der Waals surface area contributed by atoms with E-state index in [9.17, 15) is 0 Å². The van der Waals surface area contributed by atoms with Crippen molar-refractivity contribution in [3.8, 4) is 22.9 Å². The molecule has 0 aliphatic heterocycles. The van der Waals surface area contributed by atoms with Gasteiger partial charge in [0.2, 0.25) is 0 Å². The summed E-state index contributed by atoms with van der Waals surface area (Å²) < 4.78 is 13.3. The first-order valence-electron chi connectivity index (χ1n) is 5.75. The average molecular weight is 326 g/mol. The van der Waals surface area contributed by atoms with Crippen LogP contribution in [0.25, 0.3) is 11.4 Å². The lowest BCUT2D eigenvalue weighted by molar-refractivity contribution is 0.394. The standard InChI is InChI=1S/C13H16BrN3O2/c1-17-11(7-15)12(14)16-13(17)8-4-9(18-2)6-10(5-8)19-3/h4-6H,7,15H2,1-3H3. The number of hydrogen-bond acceptors (Lipinski definition) is 4. The molecule has 0 spiro atoms.